The standard InChI is InChI=1S/C12H15N3O2/c1-16-11-5-4-10(9-15-14)8-12(11)17-7-3-2-6-13/h4-5,8-9H,2-3,7,14H2,1H3. The molecule has 0 spiro atoms. The number of hydrazone groups is 1. The summed E-state index contributed by atoms with van der Waals surface area (Å²) in [7, 11) is 1.58. The summed E-state index contributed by atoms with van der Waals surface area (Å²) < 4.78 is 10.7. The fraction of sp³-hybridized carbons (Fsp3) is 0.333. The summed E-state index contributed by atoms with van der Waals surface area (Å²) >= 11 is 0. The third kappa shape index (κ3) is 4.03. The first kappa shape index (κ1) is 12.8. The molecule has 0 atom stereocenters. The van der Waals surface area contributed by atoms with Crippen LogP contribution in [0.5, 0.6) is 11.5 Å². The van der Waals surface area contributed by atoms with E-state index in [1.54, 1.807) is 19.2 Å². The maximum absolute atomic E-state index is 8.42. The lowest BCUT2D eigenvalue weighted by molar-refractivity contribution is 0.291. The van der Waals surface area contributed by atoms with Crippen molar-refractivity contribution in [3.63, 3.8) is 0 Å². The van der Waals surface area contributed by atoms with Crippen molar-refractivity contribution in [1.29, 1.82) is 5.26 Å². The van der Waals surface area contributed by atoms with Crippen molar-refractivity contribution in [3.8, 4) is 17.6 Å². The van der Waals surface area contributed by atoms with E-state index in [4.69, 9.17) is 20.6 Å². The molecule has 0 unspecified atom stereocenters. The van der Waals surface area contributed by atoms with Gasteiger partial charge in [0.1, 0.15) is 0 Å². The van der Waals surface area contributed by atoms with Gasteiger partial charge in [0.05, 0.1) is 26.0 Å². The van der Waals surface area contributed by atoms with Crippen molar-refractivity contribution in [2.24, 2.45) is 10.9 Å². The Morgan fingerprint density at radius 3 is 2.94 bits per heavy atom. The van der Waals surface area contributed by atoms with Gasteiger partial charge in [0.25, 0.3) is 0 Å². The lowest BCUT2D eigenvalue weighted by Gasteiger charge is -2.10. The predicted molar refractivity (Wildman–Crippen MR) is 65.1 cm³/mol. The van der Waals surface area contributed by atoms with E-state index in [0.29, 0.717) is 30.9 Å². The molecule has 5 heteroatoms. The Bertz CT molecular complexity index is 424. The molecule has 0 fully saturated rings. The minimum atomic E-state index is 0.478. The molecule has 0 saturated heterocycles. The molecule has 17 heavy (non-hydrogen) atoms. The van der Waals surface area contributed by atoms with Crippen molar-refractivity contribution >= 4 is 6.21 Å². The first-order valence-electron chi connectivity index (χ1n) is 5.23. The molecule has 0 saturated carbocycles. The van der Waals surface area contributed by atoms with Crippen molar-refractivity contribution < 1.29 is 9.47 Å². The van der Waals surface area contributed by atoms with Gasteiger partial charge in [-0.25, -0.2) is 0 Å². The minimum absolute atomic E-state index is 0.478. The van der Waals surface area contributed by atoms with Crippen molar-refractivity contribution in [3.05, 3.63) is 23.8 Å². The number of nitriles is 1. The number of nitrogens with zero attached hydrogens (tertiary/aromatic N) is 2. The number of hydrogen-bond donors (Lipinski definition) is 1. The molecule has 0 aliphatic carbocycles. The molecular formula is C12H15N3O2. The Morgan fingerprint density at radius 2 is 2.29 bits per heavy atom. The van der Waals surface area contributed by atoms with Gasteiger partial charge in [0.2, 0.25) is 0 Å². The first-order valence-corrected chi connectivity index (χ1v) is 5.23. The van der Waals surface area contributed by atoms with E-state index in [2.05, 4.69) is 11.2 Å². The van der Waals surface area contributed by atoms with Crippen LogP contribution < -0.4 is 15.3 Å². The van der Waals surface area contributed by atoms with Gasteiger partial charge in [0.15, 0.2) is 11.5 Å². The molecule has 0 amide bonds. The summed E-state index contributed by atoms with van der Waals surface area (Å²) in [6.07, 6.45) is 2.70. The summed E-state index contributed by atoms with van der Waals surface area (Å²) in [6, 6.07) is 7.48. The topological polar surface area (TPSA) is 80.6 Å². The maximum Gasteiger partial charge on any atom is 0.161 e. The zero-order valence-corrected chi connectivity index (χ0v) is 9.72. The minimum Gasteiger partial charge on any atom is -0.493 e. The van der Waals surface area contributed by atoms with Crippen LogP contribution in [0.4, 0.5) is 0 Å². The molecular weight excluding hydrogens is 218 g/mol. The number of nitrogens with two attached hydrogens (primary N) is 1. The maximum atomic E-state index is 8.42. The molecule has 0 radical (unpaired) electrons. The predicted octanol–water partition coefficient (Wildman–Crippen LogP) is 1.67. The van der Waals surface area contributed by atoms with Crippen LogP contribution in [0.2, 0.25) is 0 Å². The number of benzene rings is 1. The Kier molecular flexibility index (Phi) is 5.38. The van der Waals surface area contributed by atoms with E-state index in [9.17, 15) is 0 Å². The van der Waals surface area contributed by atoms with Crippen LogP contribution in [0, 0.1) is 11.3 Å². The molecule has 0 heterocycles. The van der Waals surface area contributed by atoms with Gasteiger partial charge >= 0.3 is 0 Å². The smallest absolute Gasteiger partial charge is 0.161 e. The van der Waals surface area contributed by atoms with Crippen LogP contribution in [0.3, 0.4) is 0 Å². The second-order valence-electron chi connectivity index (χ2n) is 3.30. The van der Waals surface area contributed by atoms with Gasteiger partial charge in [-0.1, -0.05) is 0 Å². The normalized spacial score (nSPS) is 10.1. The molecule has 1 rings (SSSR count). The lowest BCUT2D eigenvalue weighted by atomic mass is 10.2. The highest BCUT2D eigenvalue weighted by atomic mass is 16.5. The van der Waals surface area contributed by atoms with Crippen LogP contribution in [0.15, 0.2) is 23.3 Å². The highest BCUT2D eigenvalue weighted by Crippen LogP contribution is 2.27. The molecule has 0 aliphatic rings. The lowest BCUT2D eigenvalue weighted by Crippen LogP contribution is -2.00. The Morgan fingerprint density at radius 1 is 1.47 bits per heavy atom. The van der Waals surface area contributed by atoms with Crippen LogP contribution in [0.25, 0.3) is 0 Å². The van der Waals surface area contributed by atoms with Crippen LogP contribution in [-0.4, -0.2) is 19.9 Å². The first-order chi connectivity index (χ1) is 8.31. The number of unbranched alkanes of at least 4 members (excludes halogenated alkanes) is 1. The van der Waals surface area contributed by atoms with E-state index < -0.39 is 0 Å². The van der Waals surface area contributed by atoms with Gasteiger partial charge in [-0.15, -0.1) is 0 Å². The van der Waals surface area contributed by atoms with E-state index in [-0.39, 0.29) is 0 Å². The highest BCUT2D eigenvalue weighted by molar-refractivity contribution is 5.80. The molecule has 1 aromatic carbocycles. The van der Waals surface area contributed by atoms with Gasteiger partial charge in [-0.3, -0.25) is 0 Å². The monoisotopic (exact) mass is 233 g/mol. The van der Waals surface area contributed by atoms with E-state index in [1.807, 2.05) is 6.07 Å². The molecule has 0 aromatic heterocycles. The molecule has 0 aliphatic heterocycles. The van der Waals surface area contributed by atoms with E-state index in [0.717, 1.165) is 5.56 Å². The Hall–Kier alpha value is -2.22. The average Bonchev–Trinajstić information content (AvgIpc) is 2.35. The van der Waals surface area contributed by atoms with Crippen LogP contribution >= 0.6 is 0 Å². The quantitative estimate of drug-likeness (QED) is 0.351. The van der Waals surface area contributed by atoms with Gasteiger partial charge in [-0.2, -0.15) is 10.4 Å². The van der Waals surface area contributed by atoms with E-state index in [1.165, 1.54) is 6.21 Å². The summed E-state index contributed by atoms with van der Waals surface area (Å²) in [5.41, 5.74) is 0.837. The molecule has 1 aromatic rings. The summed E-state index contributed by atoms with van der Waals surface area (Å²) in [5.74, 6) is 6.36. The molecule has 5 nitrogen and oxygen atoms in total. The van der Waals surface area contributed by atoms with Crippen molar-refractivity contribution in [1.82, 2.24) is 0 Å². The third-order valence-electron chi connectivity index (χ3n) is 2.10. The number of rotatable bonds is 6. The highest BCUT2D eigenvalue weighted by Gasteiger charge is 2.04. The van der Waals surface area contributed by atoms with Gasteiger partial charge in [0, 0.05) is 6.42 Å². The van der Waals surface area contributed by atoms with Crippen molar-refractivity contribution in [2.45, 2.75) is 12.8 Å². The zero-order valence-electron chi connectivity index (χ0n) is 9.72. The zero-order chi connectivity index (χ0) is 12.5. The summed E-state index contributed by atoms with van der Waals surface area (Å²) in [5, 5.41) is 11.9. The van der Waals surface area contributed by atoms with Crippen LogP contribution in [-0.2, 0) is 0 Å². The van der Waals surface area contributed by atoms with E-state index >= 15 is 0 Å². The number of ether oxygens (including phenoxy) is 2. The van der Waals surface area contributed by atoms with Gasteiger partial charge in [-0.05, 0) is 30.2 Å². The van der Waals surface area contributed by atoms with Gasteiger partial charge < -0.3 is 15.3 Å². The summed E-state index contributed by atoms with van der Waals surface area (Å²) in [4.78, 5) is 0. The second-order valence-corrected chi connectivity index (χ2v) is 3.30. The molecule has 90 valence electrons. The third-order valence-corrected chi connectivity index (χ3v) is 2.10. The molecule has 0 bridgehead atoms. The Labute approximate surface area is 100 Å². The number of hydrogen-bond acceptors (Lipinski definition) is 5. The molecule has 2 N–H and O–H groups in total. The largest absolute Gasteiger partial charge is 0.493 e. The summed E-state index contributed by atoms with van der Waals surface area (Å²) in [6.45, 7) is 0.479. The fourth-order valence-electron chi connectivity index (χ4n) is 1.31. The second kappa shape index (κ2) is 7.12. The number of methoxy groups -OCH3 is 1. The Balaban J connectivity index is 2.72. The fourth-order valence-corrected chi connectivity index (χ4v) is 1.31. The SMILES string of the molecule is COc1ccc(C=NN)cc1OCCCC#N. The van der Waals surface area contributed by atoms with Crippen molar-refractivity contribution in [2.75, 3.05) is 13.7 Å². The van der Waals surface area contributed by atoms with Crippen LogP contribution in [0.1, 0.15) is 18.4 Å². The average molecular weight is 233 g/mol.